The Hall–Kier alpha value is -2.82. The van der Waals surface area contributed by atoms with Crippen molar-refractivity contribution in [1.29, 1.82) is 0 Å². The molecule has 1 saturated heterocycles. The van der Waals surface area contributed by atoms with Gasteiger partial charge in [0.2, 0.25) is 11.8 Å². The number of nitrogens with two attached hydrogens (primary N) is 1. The molecular weight excluding hydrogens is 491 g/mol. The fourth-order valence-electron chi connectivity index (χ4n) is 6.91. The molecule has 2 atom stereocenters. The van der Waals surface area contributed by atoms with Crippen molar-refractivity contribution in [3.8, 4) is 5.75 Å². The Morgan fingerprint density at radius 2 is 1.57 bits per heavy atom. The minimum atomic E-state index is -5.08. The van der Waals surface area contributed by atoms with Gasteiger partial charge < -0.3 is 26.2 Å². The third-order valence-electron chi connectivity index (χ3n) is 8.33. The van der Waals surface area contributed by atoms with Gasteiger partial charge in [-0.3, -0.25) is 9.59 Å². The molecule has 4 bridgehead atoms. The summed E-state index contributed by atoms with van der Waals surface area (Å²) >= 11 is 0. The van der Waals surface area contributed by atoms with Crippen LogP contribution in [0.5, 0.6) is 5.75 Å². The number of aromatic hydroxyl groups is 1. The van der Waals surface area contributed by atoms with Crippen LogP contribution in [0.4, 0.5) is 13.2 Å². The van der Waals surface area contributed by atoms with E-state index in [1.807, 2.05) is 0 Å². The van der Waals surface area contributed by atoms with Gasteiger partial charge in [-0.15, -0.1) is 0 Å². The lowest BCUT2D eigenvalue weighted by atomic mass is 9.54. The lowest BCUT2D eigenvalue weighted by Crippen LogP contribution is -2.59. The van der Waals surface area contributed by atoms with Crippen molar-refractivity contribution in [3.05, 3.63) is 29.8 Å². The van der Waals surface area contributed by atoms with Crippen molar-refractivity contribution in [2.75, 3.05) is 6.54 Å². The summed E-state index contributed by atoms with van der Waals surface area (Å²) in [6.45, 7) is 0.599. The highest BCUT2D eigenvalue weighted by atomic mass is 19.4. The van der Waals surface area contributed by atoms with Gasteiger partial charge in [0.15, 0.2) is 0 Å². The van der Waals surface area contributed by atoms with Gasteiger partial charge in [-0.25, -0.2) is 4.79 Å². The Morgan fingerprint density at radius 1 is 1.03 bits per heavy atom. The van der Waals surface area contributed by atoms with Crippen LogP contribution in [0.2, 0.25) is 0 Å². The minimum Gasteiger partial charge on any atom is -0.508 e. The number of aliphatic carboxylic acids is 1. The molecule has 2 amide bonds. The van der Waals surface area contributed by atoms with E-state index in [1.54, 1.807) is 29.2 Å². The number of carboxylic acid groups (broad SMARTS) is 1. The van der Waals surface area contributed by atoms with Gasteiger partial charge in [0.05, 0.1) is 6.04 Å². The number of hydrogen-bond acceptors (Lipinski definition) is 5. The molecular formula is C26H34F3N3O5. The number of amides is 2. The molecule has 8 nitrogen and oxygen atoms in total. The summed E-state index contributed by atoms with van der Waals surface area (Å²) in [5.74, 6) is 0.333. The number of hydrogen-bond donors (Lipinski definition) is 4. The number of likely N-dealkylation sites (tertiary alicyclic amines) is 1. The van der Waals surface area contributed by atoms with Crippen molar-refractivity contribution >= 4 is 17.8 Å². The van der Waals surface area contributed by atoms with E-state index in [4.69, 9.17) is 15.6 Å². The fourth-order valence-corrected chi connectivity index (χ4v) is 6.91. The largest absolute Gasteiger partial charge is 0.508 e. The maximum Gasteiger partial charge on any atom is 0.490 e. The van der Waals surface area contributed by atoms with Crippen LogP contribution >= 0.6 is 0 Å². The predicted molar refractivity (Wildman–Crippen MR) is 127 cm³/mol. The molecule has 6 rings (SSSR count). The molecule has 1 heterocycles. The maximum atomic E-state index is 13.2. The molecule has 1 aliphatic heterocycles. The van der Waals surface area contributed by atoms with Crippen LogP contribution in [0, 0.1) is 23.7 Å². The number of carboxylic acids is 1. The molecule has 1 unspecified atom stereocenters. The monoisotopic (exact) mass is 525 g/mol. The smallest absolute Gasteiger partial charge is 0.490 e. The molecule has 0 radical (unpaired) electrons. The minimum absolute atomic E-state index is 0.0233. The van der Waals surface area contributed by atoms with E-state index in [0.29, 0.717) is 30.8 Å². The summed E-state index contributed by atoms with van der Waals surface area (Å²) in [4.78, 5) is 36.8. The van der Waals surface area contributed by atoms with Crippen molar-refractivity contribution in [3.63, 3.8) is 0 Å². The van der Waals surface area contributed by atoms with Crippen LogP contribution in [-0.4, -0.2) is 63.7 Å². The molecule has 0 spiro atoms. The SMILES string of the molecule is NC(Cc1ccc(O)cc1)C(=O)N1CCC[C@@H]1C(=O)NC1C2CC3CC(C2)CC1C3.O=C(O)C(F)(F)F. The number of nitrogens with one attached hydrogen (secondary N) is 1. The third-order valence-corrected chi connectivity index (χ3v) is 8.33. The van der Waals surface area contributed by atoms with Crippen LogP contribution in [0.1, 0.15) is 50.5 Å². The van der Waals surface area contributed by atoms with E-state index in [-0.39, 0.29) is 23.6 Å². The van der Waals surface area contributed by atoms with Crippen LogP contribution in [0.15, 0.2) is 24.3 Å². The van der Waals surface area contributed by atoms with Crippen molar-refractivity contribution in [2.24, 2.45) is 29.4 Å². The fraction of sp³-hybridized carbons (Fsp3) is 0.654. The van der Waals surface area contributed by atoms with Gasteiger partial charge in [0.25, 0.3) is 0 Å². The number of phenolic OH excluding ortho intramolecular Hbond substituents is 1. The molecule has 37 heavy (non-hydrogen) atoms. The Balaban J connectivity index is 0.000000405. The first-order valence-electron chi connectivity index (χ1n) is 12.9. The topological polar surface area (TPSA) is 133 Å². The number of benzene rings is 1. The summed E-state index contributed by atoms with van der Waals surface area (Å²) in [6.07, 6.45) is 3.35. The molecule has 5 N–H and O–H groups in total. The number of halogens is 3. The predicted octanol–water partition coefficient (Wildman–Crippen LogP) is 2.83. The standard InChI is InChI=1S/C24H33N3O3.C2HF3O2/c25-20(13-14-3-5-19(28)6-4-14)24(30)27-7-1-2-21(27)23(29)26-22-17-9-15-8-16(11-17)12-18(22)10-15;3-2(4,5)1(6)7/h3-6,15-18,20-22,28H,1-2,7-13,25H2,(H,26,29);(H,6,7)/t15?,16?,17?,18?,20?,21-,22?;/m1./s1. The van der Waals surface area contributed by atoms with Crippen LogP contribution in [0.3, 0.4) is 0 Å². The lowest BCUT2D eigenvalue weighted by Gasteiger charge is -2.54. The van der Waals surface area contributed by atoms with Crippen molar-refractivity contribution < 1.29 is 37.8 Å². The molecule has 1 aromatic rings. The maximum absolute atomic E-state index is 13.2. The first-order chi connectivity index (χ1) is 17.4. The van der Waals surface area contributed by atoms with Crippen molar-refractivity contribution in [2.45, 2.75) is 75.7 Å². The zero-order chi connectivity index (χ0) is 26.9. The summed E-state index contributed by atoms with van der Waals surface area (Å²) in [6, 6.07) is 6.00. The van der Waals surface area contributed by atoms with Gasteiger partial charge in [-0.1, -0.05) is 12.1 Å². The van der Waals surface area contributed by atoms with Gasteiger partial charge in [-0.05, 0) is 92.7 Å². The highest BCUT2D eigenvalue weighted by Crippen LogP contribution is 2.53. The van der Waals surface area contributed by atoms with Gasteiger partial charge >= 0.3 is 12.1 Å². The van der Waals surface area contributed by atoms with E-state index < -0.39 is 18.2 Å². The van der Waals surface area contributed by atoms with Crippen LogP contribution < -0.4 is 11.1 Å². The van der Waals surface area contributed by atoms with Crippen LogP contribution in [0.25, 0.3) is 0 Å². The normalized spacial score (nSPS) is 30.9. The van der Waals surface area contributed by atoms with Gasteiger partial charge in [-0.2, -0.15) is 13.2 Å². The van der Waals surface area contributed by atoms with E-state index in [1.165, 1.54) is 32.1 Å². The quantitative estimate of drug-likeness (QED) is 0.467. The molecule has 5 fully saturated rings. The molecule has 204 valence electrons. The lowest BCUT2D eigenvalue weighted by molar-refractivity contribution is -0.192. The summed E-state index contributed by atoms with van der Waals surface area (Å²) < 4.78 is 31.7. The Bertz CT molecular complexity index is 972. The summed E-state index contributed by atoms with van der Waals surface area (Å²) in [7, 11) is 0. The van der Waals surface area contributed by atoms with E-state index >= 15 is 0 Å². The van der Waals surface area contributed by atoms with E-state index in [9.17, 15) is 27.9 Å². The Kier molecular flexibility index (Phi) is 8.01. The second-order valence-corrected chi connectivity index (χ2v) is 10.9. The number of phenols is 1. The number of rotatable bonds is 5. The van der Waals surface area contributed by atoms with Crippen LogP contribution in [-0.2, 0) is 20.8 Å². The zero-order valence-corrected chi connectivity index (χ0v) is 20.5. The first-order valence-corrected chi connectivity index (χ1v) is 12.9. The van der Waals surface area contributed by atoms with Crippen molar-refractivity contribution in [1.82, 2.24) is 10.2 Å². The molecule has 0 aromatic heterocycles. The molecule has 4 saturated carbocycles. The summed E-state index contributed by atoms with van der Waals surface area (Å²) in [5, 5.41) is 19.9. The first kappa shape index (κ1) is 27.2. The average Bonchev–Trinajstić information content (AvgIpc) is 3.31. The average molecular weight is 526 g/mol. The Morgan fingerprint density at radius 3 is 2.08 bits per heavy atom. The highest BCUT2D eigenvalue weighted by Gasteiger charge is 2.49. The van der Waals surface area contributed by atoms with E-state index in [2.05, 4.69) is 5.32 Å². The summed E-state index contributed by atoms with van der Waals surface area (Å²) in [5.41, 5.74) is 7.13. The third kappa shape index (κ3) is 6.37. The second-order valence-electron chi connectivity index (χ2n) is 10.9. The highest BCUT2D eigenvalue weighted by molar-refractivity contribution is 5.90. The zero-order valence-electron chi connectivity index (χ0n) is 20.5. The number of alkyl halides is 3. The number of carbonyl (C=O) groups excluding carboxylic acids is 2. The van der Waals surface area contributed by atoms with Gasteiger partial charge in [0.1, 0.15) is 11.8 Å². The molecule has 5 aliphatic rings. The number of nitrogens with zero attached hydrogens (tertiary/aromatic N) is 1. The molecule has 11 heteroatoms. The Labute approximate surface area is 213 Å². The molecule has 1 aromatic carbocycles. The van der Waals surface area contributed by atoms with Gasteiger partial charge in [0, 0.05) is 12.6 Å². The number of carbonyl (C=O) groups is 3. The molecule has 4 aliphatic carbocycles. The second kappa shape index (κ2) is 10.9. The van der Waals surface area contributed by atoms with E-state index in [0.717, 1.165) is 30.2 Å².